The smallest absolute Gasteiger partial charge is 0.247 e. The van der Waals surface area contributed by atoms with E-state index in [0.29, 0.717) is 18.9 Å². The standard InChI is InChI=1S/C17H28N2O7S/c1-11(20)16(2,3)13-8-14(26-19-13)18-15(21)17(4,5)27(22,23)10-12-9-24-6-7-25-12/h8,11-12,20H,6-7,9-10H2,1-5H3,(H,18,21)/t11-,12-/m0/s1. The van der Waals surface area contributed by atoms with Crippen LogP contribution in [0.1, 0.15) is 40.3 Å². The van der Waals surface area contributed by atoms with Gasteiger partial charge in [0.1, 0.15) is 4.75 Å². The number of hydrogen-bond acceptors (Lipinski definition) is 8. The molecule has 1 aromatic rings. The summed E-state index contributed by atoms with van der Waals surface area (Å²) in [7, 11) is -3.83. The van der Waals surface area contributed by atoms with E-state index in [9.17, 15) is 18.3 Å². The Morgan fingerprint density at radius 2 is 2.04 bits per heavy atom. The quantitative estimate of drug-likeness (QED) is 0.685. The minimum atomic E-state index is -3.83. The monoisotopic (exact) mass is 404 g/mol. The molecule has 154 valence electrons. The van der Waals surface area contributed by atoms with Crippen molar-refractivity contribution < 1.29 is 32.3 Å². The number of carbonyl (C=O) groups excluding carboxylic acids is 1. The highest BCUT2D eigenvalue weighted by atomic mass is 32.2. The number of aliphatic hydroxyl groups excluding tert-OH is 1. The highest BCUT2D eigenvalue weighted by Crippen LogP contribution is 2.29. The number of aliphatic hydroxyl groups is 1. The predicted octanol–water partition coefficient (Wildman–Crippen LogP) is 0.880. The third-order valence-electron chi connectivity index (χ3n) is 5.07. The Labute approximate surface area is 159 Å². The van der Waals surface area contributed by atoms with Crippen molar-refractivity contribution in [2.75, 3.05) is 30.9 Å². The van der Waals surface area contributed by atoms with Gasteiger partial charge in [0, 0.05) is 11.5 Å². The van der Waals surface area contributed by atoms with Gasteiger partial charge in [0.2, 0.25) is 11.8 Å². The van der Waals surface area contributed by atoms with Crippen LogP contribution in [0.3, 0.4) is 0 Å². The van der Waals surface area contributed by atoms with E-state index in [0.717, 1.165) is 0 Å². The number of nitrogens with zero attached hydrogens (tertiary/aromatic N) is 1. The summed E-state index contributed by atoms with van der Waals surface area (Å²) in [5, 5.41) is 16.2. The molecule has 0 aliphatic carbocycles. The van der Waals surface area contributed by atoms with Crippen LogP contribution in [-0.4, -0.2) is 67.1 Å². The predicted molar refractivity (Wildman–Crippen MR) is 98.3 cm³/mol. The number of rotatable bonds is 7. The summed E-state index contributed by atoms with van der Waals surface area (Å²) in [6.45, 7) is 8.78. The number of anilines is 1. The van der Waals surface area contributed by atoms with Crippen molar-refractivity contribution in [3.63, 3.8) is 0 Å². The van der Waals surface area contributed by atoms with E-state index in [1.165, 1.54) is 19.9 Å². The number of aromatic nitrogens is 1. The third-order valence-corrected chi connectivity index (χ3v) is 7.62. The minimum Gasteiger partial charge on any atom is -0.392 e. The van der Waals surface area contributed by atoms with Crippen molar-refractivity contribution in [2.45, 2.75) is 57.0 Å². The zero-order chi connectivity index (χ0) is 20.5. The van der Waals surface area contributed by atoms with E-state index in [1.807, 2.05) is 0 Å². The fourth-order valence-electron chi connectivity index (χ4n) is 2.34. The van der Waals surface area contributed by atoms with E-state index in [4.69, 9.17) is 14.0 Å². The van der Waals surface area contributed by atoms with E-state index in [2.05, 4.69) is 10.5 Å². The third kappa shape index (κ3) is 4.68. The Balaban J connectivity index is 2.10. The van der Waals surface area contributed by atoms with Crippen molar-refractivity contribution in [1.29, 1.82) is 0 Å². The van der Waals surface area contributed by atoms with E-state index in [-0.39, 0.29) is 18.2 Å². The van der Waals surface area contributed by atoms with Crippen molar-refractivity contribution in [2.24, 2.45) is 0 Å². The van der Waals surface area contributed by atoms with Crippen molar-refractivity contribution in [1.82, 2.24) is 5.16 Å². The molecular formula is C17H28N2O7S. The normalized spacial score (nSPS) is 20.3. The van der Waals surface area contributed by atoms with Crippen LogP contribution in [0.15, 0.2) is 10.6 Å². The molecule has 9 nitrogen and oxygen atoms in total. The zero-order valence-corrected chi connectivity index (χ0v) is 17.1. The van der Waals surface area contributed by atoms with Crippen molar-refractivity contribution in [3.8, 4) is 0 Å². The molecule has 0 bridgehead atoms. The summed E-state index contributed by atoms with van der Waals surface area (Å²) in [4.78, 5) is 12.6. The number of ether oxygens (including phenoxy) is 2. The van der Waals surface area contributed by atoms with Crippen LogP contribution in [-0.2, 0) is 29.5 Å². The van der Waals surface area contributed by atoms with Gasteiger partial charge in [0.15, 0.2) is 9.84 Å². The maximum absolute atomic E-state index is 12.7. The highest BCUT2D eigenvalue weighted by molar-refractivity contribution is 7.93. The van der Waals surface area contributed by atoms with E-state index < -0.39 is 38.1 Å². The summed E-state index contributed by atoms with van der Waals surface area (Å²) in [6.07, 6.45) is -1.29. The second kappa shape index (κ2) is 7.86. The van der Waals surface area contributed by atoms with Gasteiger partial charge in [-0.05, 0) is 20.8 Å². The van der Waals surface area contributed by atoms with E-state index >= 15 is 0 Å². The maximum Gasteiger partial charge on any atom is 0.247 e. The van der Waals surface area contributed by atoms with E-state index in [1.54, 1.807) is 20.8 Å². The van der Waals surface area contributed by atoms with Crippen LogP contribution in [0, 0.1) is 0 Å². The maximum atomic E-state index is 12.7. The van der Waals surface area contributed by atoms with Gasteiger partial charge >= 0.3 is 0 Å². The summed E-state index contributed by atoms with van der Waals surface area (Å²) >= 11 is 0. The second-order valence-electron chi connectivity index (χ2n) is 7.79. The Morgan fingerprint density at radius 3 is 2.59 bits per heavy atom. The summed E-state index contributed by atoms with van der Waals surface area (Å²) in [5.74, 6) is -1.04. The summed E-state index contributed by atoms with van der Waals surface area (Å²) in [5.41, 5.74) is -0.243. The van der Waals surface area contributed by atoms with Crippen molar-refractivity contribution >= 4 is 21.6 Å². The molecule has 1 saturated heterocycles. The number of nitrogens with one attached hydrogen (secondary N) is 1. The molecule has 1 fully saturated rings. The molecular weight excluding hydrogens is 376 g/mol. The SMILES string of the molecule is C[C@H](O)C(C)(C)c1cc(NC(=O)C(C)(C)S(=O)(=O)C[C@@H]2COCCO2)on1. The topological polar surface area (TPSA) is 128 Å². The molecule has 1 aromatic heterocycles. The average Bonchev–Trinajstić information content (AvgIpc) is 3.04. The van der Waals surface area contributed by atoms with Crippen LogP contribution in [0.2, 0.25) is 0 Å². The molecule has 0 saturated carbocycles. The highest BCUT2D eigenvalue weighted by Gasteiger charge is 2.44. The van der Waals surface area contributed by atoms with Gasteiger partial charge < -0.3 is 19.1 Å². The molecule has 0 spiro atoms. The first kappa shape index (κ1) is 21.8. The second-order valence-corrected chi connectivity index (χ2v) is 10.4. The molecule has 0 aromatic carbocycles. The van der Waals surface area contributed by atoms with Gasteiger partial charge in [-0.25, -0.2) is 8.42 Å². The lowest BCUT2D eigenvalue weighted by molar-refractivity contribution is -0.118. The van der Waals surface area contributed by atoms with Gasteiger partial charge in [-0.1, -0.05) is 19.0 Å². The molecule has 0 unspecified atom stereocenters. The summed E-state index contributed by atoms with van der Waals surface area (Å²) in [6, 6.07) is 1.48. The summed E-state index contributed by atoms with van der Waals surface area (Å²) < 4.78 is 39.4. The lowest BCUT2D eigenvalue weighted by atomic mass is 9.84. The van der Waals surface area contributed by atoms with Gasteiger partial charge in [0.05, 0.1) is 43.5 Å². The van der Waals surface area contributed by atoms with Crippen LogP contribution >= 0.6 is 0 Å². The van der Waals surface area contributed by atoms with Crippen molar-refractivity contribution in [3.05, 3.63) is 11.8 Å². The zero-order valence-electron chi connectivity index (χ0n) is 16.3. The Kier molecular flexibility index (Phi) is 6.35. The lowest BCUT2D eigenvalue weighted by Gasteiger charge is -2.28. The van der Waals surface area contributed by atoms with Gasteiger partial charge in [-0.2, -0.15) is 0 Å². The molecule has 1 aliphatic rings. The van der Waals surface area contributed by atoms with Gasteiger partial charge in [-0.3, -0.25) is 10.1 Å². The number of amides is 1. The van der Waals surface area contributed by atoms with Crippen LogP contribution < -0.4 is 5.32 Å². The first-order valence-electron chi connectivity index (χ1n) is 8.76. The van der Waals surface area contributed by atoms with Gasteiger partial charge in [-0.15, -0.1) is 0 Å². The molecule has 1 amide bonds. The largest absolute Gasteiger partial charge is 0.392 e. The fraction of sp³-hybridized carbons (Fsp3) is 0.765. The Morgan fingerprint density at radius 1 is 1.37 bits per heavy atom. The van der Waals surface area contributed by atoms with Crippen LogP contribution in [0.4, 0.5) is 5.88 Å². The Hall–Kier alpha value is -1.49. The molecule has 27 heavy (non-hydrogen) atoms. The molecule has 1 aliphatic heterocycles. The first-order chi connectivity index (χ1) is 12.4. The lowest BCUT2D eigenvalue weighted by Crippen LogP contribution is -2.48. The number of sulfone groups is 1. The van der Waals surface area contributed by atoms with Crippen LogP contribution in [0.5, 0.6) is 0 Å². The fourth-order valence-corrected chi connectivity index (χ4v) is 3.77. The molecule has 2 rings (SSSR count). The molecule has 2 heterocycles. The molecule has 0 radical (unpaired) electrons. The molecule has 2 N–H and O–H groups in total. The number of carbonyl (C=O) groups is 1. The van der Waals surface area contributed by atoms with Crippen LogP contribution in [0.25, 0.3) is 0 Å². The molecule has 2 atom stereocenters. The molecule has 10 heteroatoms. The van der Waals surface area contributed by atoms with Gasteiger partial charge in [0.25, 0.3) is 0 Å². The first-order valence-corrected chi connectivity index (χ1v) is 10.4. The Bertz CT molecular complexity index is 762. The number of hydrogen-bond donors (Lipinski definition) is 2. The minimum absolute atomic E-state index is 0.0178. The average molecular weight is 404 g/mol.